The number of esters is 1. The maximum absolute atomic E-state index is 12.4. The number of methoxy groups -OCH3 is 1. The largest absolute Gasteiger partial charge is 0.493 e. The zero-order valence-electron chi connectivity index (χ0n) is 23.4. The number of nitrogens with zero attached hydrogens (tertiary/aromatic N) is 1. The van der Waals surface area contributed by atoms with Crippen LogP contribution in [0.25, 0.3) is 10.8 Å². The number of carbonyl (C=O) groups excluding carboxylic acids is 2. The third-order valence-corrected chi connectivity index (χ3v) is 6.32. The summed E-state index contributed by atoms with van der Waals surface area (Å²) in [6.07, 6.45) is 0.512. The average Bonchev–Trinajstić information content (AvgIpc) is 2.97. The summed E-state index contributed by atoms with van der Waals surface area (Å²) in [5.41, 5.74) is 4.81. The third kappa shape index (κ3) is 6.87. The number of nitrogens with one attached hydrogen (secondary N) is 3. The van der Waals surface area contributed by atoms with Crippen LogP contribution in [0, 0.1) is 0 Å². The van der Waals surface area contributed by atoms with Crippen LogP contribution in [0.15, 0.2) is 71.0 Å². The minimum absolute atomic E-state index is 0.128. The Hall–Kier alpha value is -4.77. The lowest BCUT2D eigenvalue weighted by Gasteiger charge is -2.28. The van der Waals surface area contributed by atoms with Crippen molar-refractivity contribution in [1.82, 2.24) is 16.1 Å². The van der Waals surface area contributed by atoms with E-state index >= 15 is 0 Å². The first-order chi connectivity index (χ1) is 19.9. The Morgan fingerprint density at radius 2 is 1.73 bits per heavy atom. The predicted octanol–water partition coefficient (Wildman–Crippen LogP) is 3.76. The standard InChI is InChI=1S/C30H34N4O7/c1-5-39-23-13-12-20(21-9-7-8-10-22(21)23)16-31-34-26(35)17-41-24-14-11-19(15-25(24)40-6-2)28-27(29(36)38-4)18(3)32-30(37)33-28/h7-16,26,28,34-35H,5-6,17H2,1-4H3,(H2,32,33,37)/b31-16-/t26-,28-/m1/s1. The fourth-order valence-electron chi connectivity index (χ4n) is 4.50. The molecule has 0 aromatic heterocycles. The molecule has 1 aliphatic rings. The Bertz CT molecular complexity index is 1470. The second kappa shape index (κ2) is 13.5. The van der Waals surface area contributed by atoms with Gasteiger partial charge in [0.05, 0.1) is 38.2 Å². The van der Waals surface area contributed by atoms with E-state index in [-0.39, 0.29) is 12.2 Å². The maximum atomic E-state index is 12.4. The molecule has 11 heteroatoms. The predicted molar refractivity (Wildman–Crippen MR) is 154 cm³/mol. The summed E-state index contributed by atoms with van der Waals surface area (Å²) < 4.78 is 22.2. The van der Waals surface area contributed by atoms with Crippen LogP contribution in [0.3, 0.4) is 0 Å². The monoisotopic (exact) mass is 562 g/mol. The highest BCUT2D eigenvalue weighted by Gasteiger charge is 2.32. The molecular weight excluding hydrogens is 528 g/mol. The number of aliphatic hydroxyl groups excluding tert-OH is 1. The van der Waals surface area contributed by atoms with Crippen molar-refractivity contribution >= 4 is 29.0 Å². The molecule has 0 aliphatic carbocycles. The zero-order chi connectivity index (χ0) is 29.4. The molecule has 1 heterocycles. The molecule has 3 aromatic rings. The van der Waals surface area contributed by atoms with Gasteiger partial charge in [0.2, 0.25) is 0 Å². The van der Waals surface area contributed by atoms with Crippen LogP contribution in [0.5, 0.6) is 17.2 Å². The minimum Gasteiger partial charge on any atom is -0.493 e. The van der Waals surface area contributed by atoms with Crippen molar-refractivity contribution in [1.29, 1.82) is 0 Å². The quantitative estimate of drug-likeness (QED) is 0.113. The molecule has 0 unspecified atom stereocenters. The lowest BCUT2D eigenvalue weighted by molar-refractivity contribution is -0.136. The molecule has 11 nitrogen and oxygen atoms in total. The van der Waals surface area contributed by atoms with E-state index in [1.54, 1.807) is 31.3 Å². The van der Waals surface area contributed by atoms with Gasteiger partial charge in [0, 0.05) is 16.6 Å². The zero-order valence-corrected chi connectivity index (χ0v) is 23.4. The number of rotatable bonds is 12. The van der Waals surface area contributed by atoms with Gasteiger partial charge in [-0.05, 0) is 56.0 Å². The van der Waals surface area contributed by atoms with Crippen molar-refractivity contribution in [3.8, 4) is 17.2 Å². The van der Waals surface area contributed by atoms with Crippen LogP contribution >= 0.6 is 0 Å². The van der Waals surface area contributed by atoms with Crippen molar-refractivity contribution in [2.45, 2.75) is 33.0 Å². The Morgan fingerprint density at radius 1 is 1.02 bits per heavy atom. The van der Waals surface area contributed by atoms with Crippen LogP contribution < -0.4 is 30.3 Å². The van der Waals surface area contributed by atoms with Gasteiger partial charge < -0.3 is 34.7 Å². The molecule has 2 amide bonds. The Labute approximate surface area is 238 Å². The topological polar surface area (TPSA) is 140 Å². The number of aliphatic hydroxyl groups is 1. The number of amides is 2. The Kier molecular flexibility index (Phi) is 9.64. The second-order valence-corrected chi connectivity index (χ2v) is 9.05. The fourth-order valence-corrected chi connectivity index (χ4v) is 4.50. The first-order valence-corrected chi connectivity index (χ1v) is 13.2. The van der Waals surface area contributed by atoms with Gasteiger partial charge in [-0.25, -0.2) is 9.59 Å². The minimum atomic E-state index is -1.12. The highest BCUT2D eigenvalue weighted by Crippen LogP contribution is 2.35. The molecule has 0 spiro atoms. The Balaban J connectivity index is 1.45. The molecule has 0 bridgehead atoms. The van der Waals surface area contributed by atoms with Gasteiger partial charge in [-0.2, -0.15) is 5.10 Å². The number of fused-ring (bicyclic) bond motifs is 1. The van der Waals surface area contributed by atoms with Crippen LogP contribution in [0.4, 0.5) is 4.79 Å². The van der Waals surface area contributed by atoms with E-state index < -0.39 is 24.3 Å². The molecule has 4 rings (SSSR count). The van der Waals surface area contributed by atoms with E-state index in [9.17, 15) is 14.7 Å². The Morgan fingerprint density at radius 3 is 2.46 bits per heavy atom. The van der Waals surface area contributed by atoms with E-state index in [0.29, 0.717) is 36.0 Å². The van der Waals surface area contributed by atoms with Crippen molar-refractivity contribution in [2.75, 3.05) is 26.9 Å². The van der Waals surface area contributed by atoms with E-state index in [1.165, 1.54) is 7.11 Å². The maximum Gasteiger partial charge on any atom is 0.337 e. The van der Waals surface area contributed by atoms with Gasteiger partial charge >= 0.3 is 12.0 Å². The van der Waals surface area contributed by atoms with Crippen LogP contribution in [0.1, 0.15) is 37.9 Å². The smallest absolute Gasteiger partial charge is 0.337 e. The summed E-state index contributed by atoms with van der Waals surface area (Å²) in [6.45, 7) is 6.18. The molecule has 0 radical (unpaired) electrons. The first kappa shape index (κ1) is 29.2. The molecule has 0 fully saturated rings. The molecule has 4 N–H and O–H groups in total. The normalized spacial score (nSPS) is 15.7. The molecule has 41 heavy (non-hydrogen) atoms. The van der Waals surface area contributed by atoms with E-state index in [0.717, 1.165) is 22.1 Å². The molecular formula is C30H34N4O7. The molecule has 0 saturated carbocycles. The lowest BCUT2D eigenvalue weighted by Crippen LogP contribution is -2.45. The van der Waals surface area contributed by atoms with Gasteiger partial charge in [-0.3, -0.25) is 5.43 Å². The molecule has 3 aromatic carbocycles. The molecule has 0 saturated heterocycles. The summed E-state index contributed by atoms with van der Waals surface area (Å²) >= 11 is 0. The van der Waals surface area contributed by atoms with Gasteiger partial charge in [0.15, 0.2) is 17.7 Å². The molecule has 2 atom stereocenters. The van der Waals surface area contributed by atoms with Gasteiger partial charge in [-0.1, -0.05) is 30.3 Å². The number of hydrazone groups is 1. The molecule has 216 valence electrons. The average molecular weight is 563 g/mol. The number of carbonyl (C=O) groups is 2. The molecule has 1 aliphatic heterocycles. The van der Waals surface area contributed by atoms with E-state index in [1.807, 2.05) is 50.2 Å². The number of urea groups is 1. The van der Waals surface area contributed by atoms with Crippen molar-refractivity contribution in [2.24, 2.45) is 5.10 Å². The number of allylic oxidation sites excluding steroid dienone is 1. The van der Waals surface area contributed by atoms with E-state index in [2.05, 4.69) is 21.2 Å². The van der Waals surface area contributed by atoms with Crippen molar-refractivity contribution in [3.63, 3.8) is 0 Å². The van der Waals surface area contributed by atoms with Gasteiger partial charge in [-0.15, -0.1) is 0 Å². The summed E-state index contributed by atoms with van der Waals surface area (Å²) in [5, 5.41) is 21.9. The van der Waals surface area contributed by atoms with E-state index in [4.69, 9.17) is 18.9 Å². The summed E-state index contributed by atoms with van der Waals surface area (Å²) in [5.74, 6) is 0.994. The van der Waals surface area contributed by atoms with Crippen LogP contribution in [-0.4, -0.2) is 56.5 Å². The SMILES string of the molecule is CCOc1cc([C@H]2NC(=O)NC(C)=C2C(=O)OC)ccc1OC[C@@H](O)N/N=C\c1ccc(OCC)c2ccccc12. The summed E-state index contributed by atoms with van der Waals surface area (Å²) in [6, 6.07) is 15.5. The number of benzene rings is 3. The first-order valence-electron chi connectivity index (χ1n) is 13.2. The second-order valence-electron chi connectivity index (χ2n) is 9.05. The number of hydrogen-bond donors (Lipinski definition) is 4. The van der Waals surface area contributed by atoms with Crippen LogP contribution in [-0.2, 0) is 9.53 Å². The van der Waals surface area contributed by atoms with Crippen molar-refractivity contribution in [3.05, 3.63) is 77.0 Å². The lowest BCUT2D eigenvalue weighted by atomic mass is 9.95. The number of hydrogen-bond acceptors (Lipinski definition) is 9. The van der Waals surface area contributed by atoms with Gasteiger partial charge in [0.1, 0.15) is 12.4 Å². The van der Waals surface area contributed by atoms with Gasteiger partial charge in [0.25, 0.3) is 0 Å². The number of ether oxygens (including phenoxy) is 4. The third-order valence-electron chi connectivity index (χ3n) is 6.32. The highest BCUT2D eigenvalue weighted by atomic mass is 16.5. The summed E-state index contributed by atoms with van der Waals surface area (Å²) in [4.78, 5) is 24.6. The fraction of sp³-hybridized carbons (Fsp3) is 0.300. The van der Waals surface area contributed by atoms with Crippen molar-refractivity contribution < 1.29 is 33.6 Å². The highest BCUT2D eigenvalue weighted by molar-refractivity contribution is 6.02. The summed E-state index contributed by atoms with van der Waals surface area (Å²) in [7, 11) is 1.28. The van der Waals surface area contributed by atoms with Crippen LogP contribution in [0.2, 0.25) is 0 Å².